The van der Waals surface area contributed by atoms with E-state index >= 15 is 0 Å². The fourth-order valence-corrected chi connectivity index (χ4v) is 2.61. The molecule has 0 aliphatic heterocycles. The van der Waals surface area contributed by atoms with Crippen LogP contribution in [0.5, 0.6) is 0 Å². The summed E-state index contributed by atoms with van der Waals surface area (Å²) >= 11 is 18.2. The predicted molar refractivity (Wildman–Crippen MR) is 68.3 cm³/mol. The molecule has 94 valence electrons. The van der Waals surface area contributed by atoms with Crippen LogP contribution in [-0.4, -0.2) is 30.9 Å². The van der Waals surface area contributed by atoms with Gasteiger partial charge in [0.15, 0.2) is 0 Å². The fourth-order valence-electron chi connectivity index (χ4n) is 0.984. The van der Waals surface area contributed by atoms with Crippen LogP contribution < -0.4 is 5.32 Å². The smallest absolute Gasteiger partial charge is 0.325 e. The number of ether oxygens (including phenoxy) is 1. The molecule has 17 heavy (non-hydrogen) atoms. The minimum atomic E-state index is -0.933. The second-order valence-electron chi connectivity index (χ2n) is 2.94. The molecule has 0 radical (unpaired) electrons. The third-order valence-corrected chi connectivity index (χ3v) is 3.62. The molecule has 4 nitrogen and oxygen atoms in total. The average molecular weight is 317 g/mol. The van der Waals surface area contributed by atoms with Crippen LogP contribution in [0.15, 0.2) is 6.07 Å². The first kappa shape index (κ1) is 14.6. The highest BCUT2D eigenvalue weighted by molar-refractivity contribution is 7.20. The Labute approximate surface area is 117 Å². The van der Waals surface area contributed by atoms with Gasteiger partial charge in [-0.2, -0.15) is 0 Å². The first-order valence-corrected chi connectivity index (χ1v) is 6.41. The number of thiophene rings is 1. The quantitative estimate of drug-likeness (QED) is 0.686. The van der Waals surface area contributed by atoms with Crippen molar-refractivity contribution in [1.82, 2.24) is 5.32 Å². The second kappa shape index (κ2) is 6.44. The minimum absolute atomic E-state index is 0.0448. The third-order valence-electron chi connectivity index (χ3n) is 1.80. The first-order valence-electron chi connectivity index (χ1n) is 4.40. The molecule has 0 aliphatic rings. The van der Waals surface area contributed by atoms with Gasteiger partial charge in [-0.1, -0.05) is 23.2 Å². The first-order chi connectivity index (χ1) is 7.95. The molecule has 1 amide bonds. The summed E-state index contributed by atoms with van der Waals surface area (Å²) in [5, 5.41) is 1.53. The van der Waals surface area contributed by atoms with Gasteiger partial charge in [0.2, 0.25) is 0 Å². The van der Waals surface area contributed by atoms with E-state index in [9.17, 15) is 9.59 Å². The van der Waals surface area contributed by atoms with E-state index in [0.717, 1.165) is 11.3 Å². The van der Waals surface area contributed by atoms with E-state index in [4.69, 9.17) is 34.8 Å². The molecule has 1 N–H and O–H groups in total. The highest BCUT2D eigenvalue weighted by Crippen LogP contribution is 2.30. The van der Waals surface area contributed by atoms with Crippen molar-refractivity contribution in [2.75, 3.05) is 13.7 Å². The number of esters is 1. The van der Waals surface area contributed by atoms with Gasteiger partial charge >= 0.3 is 5.97 Å². The Morgan fingerprint density at radius 2 is 2.18 bits per heavy atom. The number of carbonyl (C=O) groups excluding carboxylic acids is 2. The van der Waals surface area contributed by atoms with Crippen LogP contribution in [0, 0.1) is 0 Å². The lowest BCUT2D eigenvalue weighted by atomic mass is 10.3. The minimum Gasteiger partial charge on any atom is -0.468 e. The maximum atomic E-state index is 11.6. The molecule has 0 aliphatic carbocycles. The van der Waals surface area contributed by atoms with E-state index in [1.807, 2.05) is 0 Å². The molecule has 1 rings (SSSR count). The van der Waals surface area contributed by atoms with Crippen molar-refractivity contribution in [1.29, 1.82) is 0 Å². The lowest BCUT2D eigenvalue weighted by Gasteiger charge is -2.08. The Bertz CT molecular complexity index is 435. The maximum Gasteiger partial charge on any atom is 0.325 e. The Hall–Kier alpha value is -0.490. The monoisotopic (exact) mass is 315 g/mol. The summed E-state index contributed by atoms with van der Waals surface area (Å²) in [6, 6.07) is 1.45. The van der Waals surface area contributed by atoms with Crippen LogP contribution >= 0.6 is 46.1 Å². The molecule has 1 heterocycles. The van der Waals surface area contributed by atoms with Gasteiger partial charge in [0, 0.05) is 6.54 Å². The van der Waals surface area contributed by atoms with Crippen LogP contribution in [0.2, 0.25) is 8.67 Å². The summed E-state index contributed by atoms with van der Waals surface area (Å²) in [5.41, 5.74) is 0.260. The van der Waals surface area contributed by atoms with Crippen molar-refractivity contribution in [2.45, 2.75) is 5.38 Å². The molecule has 0 spiro atoms. The van der Waals surface area contributed by atoms with Gasteiger partial charge in [0.25, 0.3) is 5.91 Å². The zero-order chi connectivity index (χ0) is 13.0. The normalized spacial score (nSPS) is 12.0. The van der Waals surface area contributed by atoms with Crippen molar-refractivity contribution < 1.29 is 14.3 Å². The Kier molecular flexibility index (Phi) is 5.52. The largest absolute Gasteiger partial charge is 0.468 e. The molecule has 1 aromatic rings. The Morgan fingerprint density at radius 1 is 1.53 bits per heavy atom. The van der Waals surface area contributed by atoms with E-state index < -0.39 is 17.3 Å². The molecule has 8 heteroatoms. The van der Waals surface area contributed by atoms with Gasteiger partial charge in [0.05, 0.1) is 17.0 Å². The summed E-state index contributed by atoms with van der Waals surface area (Å²) in [7, 11) is 1.22. The highest BCUT2D eigenvalue weighted by atomic mass is 35.5. The number of nitrogens with one attached hydrogen (secondary N) is 1. The molecule has 0 saturated carbocycles. The van der Waals surface area contributed by atoms with Crippen LogP contribution in [0.1, 0.15) is 10.4 Å². The van der Waals surface area contributed by atoms with E-state index in [1.54, 1.807) is 0 Å². The van der Waals surface area contributed by atoms with Crippen LogP contribution in [0.3, 0.4) is 0 Å². The van der Waals surface area contributed by atoms with Crippen LogP contribution in [-0.2, 0) is 9.53 Å². The summed E-state index contributed by atoms with van der Waals surface area (Å²) < 4.78 is 5.11. The summed E-state index contributed by atoms with van der Waals surface area (Å²) in [6.45, 7) is -0.0448. The van der Waals surface area contributed by atoms with Crippen molar-refractivity contribution >= 4 is 58.0 Å². The van der Waals surface area contributed by atoms with Gasteiger partial charge in [-0.3, -0.25) is 9.59 Å². The van der Waals surface area contributed by atoms with E-state index in [2.05, 4.69) is 10.1 Å². The van der Waals surface area contributed by atoms with Crippen LogP contribution in [0.25, 0.3) is 0 Å². The number of carbonyl (C=O) groups is 2. The van der Waals surface area contributed by atoms with E-state index in [0.29, 0.717) is 4.34 Å². The number of hydrogen-bond acceptors (Lipinski definition) is 4. The molecule has 0 aromatic carbocycles. The molecular weight excluding hydrogens is 309 g/mol. The third kappa shape index (κ3) is 4.03. The van der Waals surface area contributed by atoms with Gasteiger partial charge in [-0.05, 0) is 6.07 Å². The number of hydrogen-bond donors (Lipinski definition) is 1. The van der Waals surface area contributed by atoms with Crippen molar-refractivity contribution in [2.24, 2.45) is 0 Å². The summed E-state index contributed by atoms with van der Waals surface area (Å²) in [5.74, 6) is -1.05. The number of alkyl halides is 1. The zero-order valence-corrected chi connectivity index (χ0v) is 11.7. The molecule has 1 atom stereocenters. The Morgan fingerprint density at radius 3 is 2.65 bits per heavy atom. The summed E-state index contributed by atoms with van der Waals surface area (Å²) in [6.07, 6.45) is 0. The van der Waals surface area contributed by atoms with Crippen molar-refractivity contribution in [3.8, 4) is 0 Å². The van der Waals surface area contributed by atoms with E-state index in [1.165, 1.54) is 13.2 Å². The highest BCUT2D eigenvalue weighted by Gasteiger charge is 2.19. The molecular formula is C9H8Cl3NO3S. The molecule has 0 fully saturated rings. The fraction of sp³-hybridized carbons (Fsp3) is 0.333. The topological polar surface area (TPSA) is 55.4 Å². The van der Waals surface area contributed by atoms with Crippen LogP contribution in [0.4, 0.5) is 0 Å². The zero-order valence-electron chi connectivity index (χ0n) is 8.63. The number of amides is 1. The second-order valence-corrected chi connectivity index (χ2v) is 5.75. The Balaban J connectivity index is 2.56. The number of rotatable bonds is 4. The molecule has 0 bridgehead atoms. The van der Waals surface area contributed by atoms with Gasteiger partial charge in [0.1, 0.15) is 9.71 Å². The number of methoxy groups -OCH3 is 1. The average Bonchev–Trinajstić information content (AvgIpc) is 2.63. The standard InChI is InChI=1S/C9H8Cl3NO3S/c1-16-9(15)5(10)3-13-8(14)4-2-6(11)17-7(4)12/h2,5H,3H2,1H3,(H,13,14). The van der Waals surface area contributed by atoms with Gasteiger partial charge < -0.3 is 10.1 Å². The lowest BCUT2D eigenvalue weighted by Crippen LogP contribution is -2.34. The summed E-state index contributed by atoms with van der Waals surface area (Å²) in [4.78, 5) is 22.6. The number of halogens is 3. The van der Waals surface area contributed by atoms with Crippen molar-refractivity contribution in [3.63, 3.8) is 0 Å². The maximum absolute atomic E-state index is 11.6. The SMILES string of the molecule is COC(=O)C(Cl)CNC(=O)c1cc(Cl)sc1Cl. The van der Waals surface area contributed by atoms with Gasteiger partial charge in [-0.15, -0.1) is 22.9 Å². The van der Waals surface area contributed by atoms with Gasteiger partial charge in [-0.25, -0.2) is 0 Å². The molecule has 1 aromatic heterocycles. The van der Waals surface area contributed by atoms with Crippen molar-refractivity contribution in [3.05, 3.63) is 20.3 Å². The molecule has 0 saturated heterocycles. The van der Waals surface area contributed by atoms with E-state index in [-0.39, 0.29) is 16.4 Å². The molecule has 1 unspecified atom stereocenters. The predicted octanol–water partition coefficient (Wildman–Crippen LogP) is 2.57. The lowest BCUT2D eigenvalue weighted by molar-refractivity contribution is -0.140.